The topological polar surface area (TPSA) is 74.8 Å². The summed E-state index contributed by atoms with van der Waals surface area (Å²) in [5.74, 6) is 0. The molecule has 1 aromatic rings. The van der Waals surface area contributed by atoms with Crippen LogP contribution in [0.1, 0.15) is 5.56 Å². The predicted octanol–water partition coefficient (Wildman–Crippen LogP) is 3.23. The first kappa shape index (κ1) is 10.2. The summed E-state index contributed by atoms with van der Waals surface area (Å²) >= 11 is 0. The van der Waals surface area contributed by atoms with Crippen molar-refractivity contribution in [1.82, 2.24) is 0 Å². The van der Waals surface area contributed by atoms with Gasteiger partial charge in [0.15, 0.2) is 0 Å². The van der Waals surface area contributed by atoms with E-state index in [1.54, 1.807) is 0 Å². The lowest BCUT2D eigenvalue weighted by Crippen LogP contribution is -2.04. The van der Waals surface area contributed by atoms with Crippen LogP contribution in [0.3, 0.4) is 0 Å². The van der Waals surface area contributed by atoms with Gasteiger partial charge in [-0.15, -0.1) is 0 Å². The zero-order valence-corrected chi connectivity index (χ0v) is 6.78. The smallest absolute Gasteiger partial charge is 0.398 e. The Morgan fingerprint density at radius 3 is 2.50 bits per heavy atom. The van der Waals surface area contributed by atoms with Crippen LogP contribution >= 0.6 is 0 Å². The molecule has 14 heavy (non-hydrogen) atoms. The predicted molar refractivity (Wildman–Crippen MR) is 44.7 cm³/mol. The van der Waals surface area contributed by atoms with E-state index in [1.807, 2.05) is 0 Å². The minimum atomic E-state index is -4.46. The highest BCUT2D eigenvalue weighted by atomic mass is 19.4. The van der Waals surface area contributed by atoms with Crippen molar-refractivity contribution in [2.24, 2.45) is 5.11 Å². The van der Waals surface area contributed by atoms with Gasteiger partial charge in [0.2, 0.25) is 0 Å². The van der Waals surface area contributed by atoms with Crippen LogP contribution in [0.5, 0.6) is 0 Å². The minimum absolute atomic E-state index is 0.0100. The van der Waals surface area contributed by atoms with Gasteiger partial charge in [0, 0.05) is 10.6 Å². The summed E-state index contributed by atoms with van der Waals surface area (Å²) in [5.41, 5.74) is 12.2. The molecule has 0 atom stereocenters. The number of alkyl halides is 3. The van der Waals surface area contributed by atoms with E-state index >= 15 is 0 Å². The average Bonchev–Trinajstić information content (AvgIpc) is 2.07. The molecule has 0 bridgehead atoms. The SMILES string of the molecule is [N-]=[N+]=Nc1cc(C(F)(F)F)ccc1N. The normalized spacial score (nSPS) is 10.8. The van der Waals surface area contributed by atoms with Crippen LogP contribution in [0.4, 0.5) is 24.5 Å². The number of hydrogen-bond donors (Lipinski definition) is 1. The summed E-state index contributed by atoms with van der Waals surface area (Å²) in [6.45, 7) is 0. The lowest BCUT2D eigenvalue weighted by Gasteiger charge is -2.07. The highest BCUT2D eigenvalue weighted by Crippen LogP contribution is 2.34. The minimum Gasteiger partial charge on any atom is -0.398 e. The Morgan fingerprint density at radius 1 is 1.36 bits per heavy atom. The molecule has 4 nitrogen and oxygen atoms in total. The molecular formula is C7H5F3N4. The number of nitrogens with zero attached hydrogens (tertiary/aromatic N) is 3. The number of azide groups is 1. The summed E-state index contributed by atoms with van der Waals surface area (Å²) in [4.78, 5) is 2.37. The molecule has 0 saturated carbocycles. The van der Waals surface area contributed by atoms with E-state index in [1.165, 1.54) is 0 Å². The Kier molecular flexibility index (Phi) is 2.53. The zero-order chi connectivity index (χ0) is 10.8. The van der Waals surface area contributed by atoms with Crippen molar-refractivity contribution in [3.63, 3.8) is 0 Å². The third-order valence-electron chi connectivity index (χ3n) is 1.51. The maximum atomic E-state index is 12.2. The van der Waals surface area contributed by atoms with Gasteiger partial charge in [-0.05, 0) is 23.7 Å². The van der Waals surface area contributed by atoms with Gasteiger partial charge in [0.1, 0.15) is 0 Å². The van der Waals surface area contributed by atoms with Crippen LogP contribution in [0.15, 0.2) is 23.3 Å². The Balaban J connectivity index is 3.26. The fraction of sp³-hybridized carbons (Fsp3) is 0.143. The molecule has 0 fully saturated rings. The first-order valence-corrected chi connectivity index (χ1v) is 3.47. The summed E-state index contributed by atoms with van der Waals surface area (Å²) in [7, 11) is 0. The largest absolute Gasteiger partial charge is 0.416 e. The third-order valence-corrected chi connectivity index (χ3v) is 1.51. The molecule has 0 aliphatic heterocycles. The lowest BCUT2D eigenvalue weighted by molar-refractivity contribution is -0.137. The molecule has 1 aromatic carbocycles. The van der Waals surface area contributed by atoms with Crippen molar-refractivity contribution in [2.75, 3.05) is 5.73 Å². The Hall–Kier alpha value is -1.88. The number of rotatable bonds is 1. The summed E-state index contributed by atoms with van der Waals surface area (Å²) in [5, 5.41) is 3.04. The van der Waals surface area contributed by atoms with Crippen molar-refractivity contribution < 1.29 is 13.2 Å². The number of nitrogen functional groups attached to an aromatic ring is 1. The highest BCUT2D eigenvalue weighted by molar-refractivity contribution is 5.63. The van der Waals surface area contributed by atoms with Crippen molar-refractivity contribution >= 4 is 11.4 Å². The van der Waals surface area contributed by atoms with E-state index in [9.17, 15) is 13.2 Å². The van der Waals surface area contributed by atoms with Crippen molar-refractivity contribution in [3.05, 3.63) is 34.2 Å². The van der Waals surface area contributed by atoms with E-state index in [4.69, 9.17) is 11.3 Å². The average molecular weight is 202 g/mol. The van der Waals surface area contributed by atoms with Crippen LogP contribution in [0.25, 0.3) is 10.4 Å². The number of hydrogen-bond acceptors (Lipinski definition) is 2. The number of anilines is 1. The standard InChI is InChI=1S/C7H5F3N4/c8-7(9,10)4-1-2-5(11)6(3-4)13-14-12/h1-3H,11H2. The maximum Gasteiger partial charge on any atom is 0.416 e. The van der Waals surface area contributed by atoms with Crippen molar-refractivity contribution in [1.29, 1.82) is 0 Å². The molecule has 0 aliphatic carbocycles. The molecule has 2 N–H and O–H groups in total. The Morgan fingerprint density at radius 2 is 2.00 bits per heavy atom. The molecule has 0 aliphatic rings. The fourth-order valence-corrected chi connectivity index (χ4v) is 0.855. The van der Waals surface area contributed by atoms with Gasteiger partial charge in [0.25, 0.3) is 0 Å². The quantitative estimate of drug-likeness (QED) is 0.322. The maximum absolute atomic E-state index is 12.2. The van der Waals surface area contributed by atoms with E-state index < -0.39 is 11.7 Å². The second kappa shape index (κ2) is 3.47. The molecule has 0 spiro atoms. The van der Waals surface area contributed by atoms with Crippen LogP contribution in [0, 0.1) is 0 Å². The molecule has 0 aromatic heterocycles. The zero-order valence-electron chi connectivity index (χ0n) is 6.78. The highest BCUT2D eigenvalue weighted by Gasteiger charge is 2.30. The monoisotopic (exact) mass is 202 g/mol. The fourth-order valence-electron chi connectivity index (χ4n) is 0.855. The van der Waals surface area contributed by atoms with Gasteiger partial charge in [-0.3, -0.25) is 0 Å². The third kappa shape index (κ3) is 2.08. The molecule has 0 saturated heterocycles. The van der Waals surface area contributed by atoms with Crippen LogP contribution in [0.2, 0.25) is 0 Å². The Bertz CT molecular complexity index is 392. The summed E-state index contributed by atoms with van der Waals surface area (Å²) < 4.78 is 36.5. The number of nitrogens with two attached hydrogens (primary N) is 1. The van der Waals surface area contributed by atoms with Crippen molar-refractivity contribution in [2.45, 2.75) is 6.18 Å². The molecule has 0 radical (unpaired) electrons. The van der Waals surface area contributed by atoms with Gasteiger partial charge in [-0.25, -0.2) is 0 Å². The first-order chi connectivity index (χ1) is 6.45. The van der Waals surface area contributed by atoms with Gasteiger partial charge in [-0.2, -0.15) is 13.2 Å². The van der Waals surface area contributed by atoms with E-state index in [-0.39, 0.29) is 11.4 Å². The van der Waals surface area contributed by atoms with Crippen LogP contribution in [-0.2, 0) is 6.18 Å². The molecular weight excluding hydrogens is 197 g/mol. The van der Waals surface area contributed by atoms with Crippen LogP contribution < -0.4 is 5.73 Å². The molecule has 0 amide bonds. The summed E-state index contributed by atoms with van der Waals surface area (Å²) in [6, 6.07) is 2.58. The second-order valence-electron chi connectivity index (χ2n) is 2.46. The van der Waals surface area contributed by atoms with Crippen LogP contribution in [-0.4, -0.2) is 0 Å². The number of halogens is 3. The number of benzene rings is 1. The molecule has 0 heterocycles. The Labute approximate surface area is 76.8 Å². The van der Waals surface area contributed by atoms with Crippen molar-refractivity contribution in [3.8, 4) is 0 Å². The van der Waals surface area contributed by atoms with Gasteiger partial charge >= 0.3 is 6.18 Å². The molecule has 7 heteroatoms. The molecule has 74 valence electrons. The molecule has 0 unspecified atom stereocenters. The van der Waals surface area contributed by atoms with E-state index in [0.29, 0.717) is 6.07 Å². The van der Waals surface area contributed by atoms with Gasteiger partial charge in [0.05, 0.1) is 11.3 Å². The second-order valence-corrected chi connectivity index (χ2v) is 2.46. The van der Waals surface area contributed by atoms with Gasteiger partial charge in [-0.1, -0.05) is 5.11 Å². The van der Waals surface area contributed by atoms with Gasteiger partial charge < -0.3 is 5.73 Å². The summed E-state index contributed by atoms with van der Waals surface area (Å²) in [6.07, 6.45) is -4.46. The van der Waals surface area contributed by atoms with E-state index in [2.05, 4.69) is 10.0 Å². The van der Waals surface area contributed by atoms with E-state index in [0.717, 1.165) is 12.1 Å². The lowest BCUT2D eigenvalue weighted by atomic mass is 10.2. The first-order valence-electron chi connectivity index (χ1n) is 3.47. The molecule has 1 rings (SSSR count).